The summed E-state index contributed by atoms with van der Waals surface area (Å²) in [5.41, 5.74) is 0.175. The Morgan fingerprint density at radius 2 is 2.20 bits per heavy atom. The summed E-state index contributed by atoms with van der Waals surface area (Å²) in [4.78, 5) is 11.0. The number of nitriles is 1. The third kappa shape index (κ3) is 3.47. The van der Waals surface area contributed by atoms with E-state index in [1.807, 2.05) is 13.0 Å². The van der Waals surface area contributed by atoms with Crippen LogP contribution < -0.4 is 0 Å². The van der Waals surface area contributed by atoms with Crippen LogP contribution in [0.5, 0.6) is 0 Å². The molecule has 102 valence electrons. The van der Waals surface area contributed by atoms with Gasteiger partial charge in [0.05, 0.1) is 21.5 Å². The van der Waals surface area contributed by atoms with Gasteiger partial charge < -0.3 is 0 Å². The number of nitrogens with zero attached hydrogens (tertiary/aromatic N) is 4. The summed E-state index contributed by atoms with van der Waals surface area (Å²) in [6, 6.07) is 6.28. The molecular weight excluding hydrogens is 316 g/mol. The van der Waals surface area contributed by atoms with Gasteiger partial charge in [0.2, 0.25) is 0 Å². The Kier molecular flexibility index (Phi) is 4.94. The maximum atomic E-state index is 11.0. The van der Waals surface area contributed by atoms with E-state index < -0.39 is 4.92 Å². The van der Waals surface area contributed by atoms with Crippen LogP contribution in [0.3, 0.4) is 0 Å². The van der Waals surface area contributed by atoms with Crippen LogP contribution in [0.2, 0.25) is 0 Å². The zero-order valence-corrected chi connectivity index (χ0v) is 12.7. The maximum absolute atomic E-state index is 11.0. The Morgan fingerprint density at radius 3 is 2.85 bits per heavy atom. The molecule has 0 spiro atoms. The highest BCUT2D eigenvalue weighted by Gasteiger charge is 2.17. The number of thioether (sulfide) groups is 1. The first-order valence-electron chi connectivity index (χ1n) is 5.46. The standard InChI is InChI=1S/C11H8N4O2S3/c1-2-18-10-13-14-11(20-10)19-9-4-3-7(6-12)5-8(9)15(16)17/h3-5H,2H2,1H3. The van der Waals surface area contributed by atoms with E-state index in [9.17, 15) is 10.1 Å². The molecule has 6 nitrogen and oxygen atoms in total. The first kappa shape index (κ1) is 14.8. The quantitative estimate of drug-likeness (QED) is 0.471. The van der Waals surface area contributed by atoms with Crippen LogP contribution in [0.15, 0.2) is 31.8 Å². The van der Waals surface area contributed by atoms with Gasteiger partial charge in [-0.05, 0) is 17.9 Å². The molecule has 0 N–H and O–H groups in total. The Hall–Kier alpha value is -1.63. The van der Waals surface area contributed by atoms with Gasteiger partial charge in [-0.15, -0.1) is 10.2 Å². The summed E-state index contributed by atoms with van der Waals surface area (Å²) in [7, 11) is 0. The van der Waals surface area contributed by atoms with Gasteiger partial charge in [0.1, 0.15) is 0 Å². The van der Waals surface area contributed by atoms with Crippen molar-refractivity contribution < 1.29 is 4.92 Å². The molecule has 0 atom stereocenters. The summed E-state index contributed by atoms with van der Waals surface area (Å²) in [6.07, 6.45) is 0. The predicted octanol–water partition coefficient (Wildman–Crippen LogP) is 3.58. The van der Waals surface area contributed by atoms with Gasteiger partial charge in [-0.25, -0.2) is 0 Å². The molecule has 0 unspecified atom stereocenters. The fourth-order valence-corrected chi connectivity index (χ4v) is 4.29. The molecule has 0 saturated carbocycles. The number of hydrogen-bond acceptors (Lipinski definition) is 8. The fourth-order valence-electron chi connectivity index (χ4n) is 1.33. The van der Waals surface area contributed by atoms with Crippen LogP contribution >= 0.6 is 34.9 Å². The van der Waals surface area contributed by atoms with Crippen LogP contribution in [0.4, 0.5) is 5.69 Å². The first-order valence-corrected chi connectivity index (χ1v) is 8.08. The van der Waals surface area contributed by atoms with E-state index in [0.717, 1.165) is 10.1 Å². The number of nitro benzene ring substituents is 1. The van der Waals surface area contributed by atoms with Crippen molar-refractivity contribution in [2.75, 3.05) is 5.75 Å². The molecule has 0 aliphatic heterocycles. The van der Waals surface area contributed by atoms with Crippen molar-refractivity contribution >= 4 is 40.5 Å². The largest absolute Gasteiger partial charge is 0.284 e. The highest BCUT2D eigenvalue weighted by atomic mass is 32.2. The van der Waals surface area contributed by atoms with Crippen molar-refractivity contribution in [3.8, 4) is 6.07 Å². The van der Waals surface area contributed by atoms with Crippen molar-refractivity contribution in [2.45, 2.75) is 20.5 Å². The molecule has 0 bridgehead atoms. The topological polar surface area (TPSA) is 92.7 Å². The molecule has 0 radical (unpaired) electrons. The van der Waals surface area contributed by atoms with E-state index in [0.29, 0.717) is 9.24 Å². The Bertz CT molecular complexity index is 681. The molecule has 0 saturated heterocycles. The summed E-state index contributed by atoms with van der Waals surface area (Å²) in [6.45, 7) is 2.02. The van der Waals surface area contributed by atoms with Crippen molar-refractivity contribution in [1.82, 2.24) is 10.2 Å². The minimum absolute atomic E-state index is 0.0889. The Labute approximate surface area is 127 Å². The lowest BCUT2D eigenvalue weighted by atomic mass is 10.2. The van der Waals surface area contributed by atoms with E-state index >= 15 is 0 Å². The number of benzene rings is 1. The summed E-state index contributed by atoms with van der Waals surface area (Å²) >= 11 is 4.17. The van der Waals surface area contributed by atoms with Gasteiger partial charge >= 0.3 is 0 Å². The average Bonchev–Trinajstić information content (AvgIpc) is 2.87. The molecule has 1 aromatic carbocycles. The molecule has 0 amide bonds. The number of rotatable bonds is 5. The fraction of sp³-hybridized carbons (Fsp3) is 0.182. The zero-order valence-electron chi connectivity index (χ0n) is 10.3. The molecule has 20 heavy (non-hydrogen) atoms. The molecular formula is C11H8N4O2S3. The highest BCUT2D eigenvalue weighted by Crippen LogP contribution is 2.38. The Balaban J connectivity index is 2.28. The van der Waals surface area contributed by atoms with Crippen molar-refractivity contribution in [3.63, 3.8) is 0 Å². The minimum Gasteiger partial charge on any atom is -0.258 e. The van der Waals surface area contributed by atoms with E-state index in [4.69, 9.17) is 5.26 Å². The second-order valence-electron chi connectivity index (χ2n) is 3.42. The van der Waals surface area contributed by atoms with E-state index in [1.165, 1.54) is 29.2 Å². The van der Waals surface area contributed by atoms with Gasteiger partial charge in [-0.2, -0.15) is 5.26 Å². The maximum Gasteiger partial charge on any atom is 0.284 e. The first-order chi connectivity index (χ1) is 9.63. The molecule has 2 rings (SSSR count). The van der Waals surface area contributed by atoms with E-state index in [-0.39, 0.29) is 11.3 Å². The van der Waals surface area contributed by atoms with Crippen LogP contribution in [-0.2, 0) is 0 Å². The second-order valence-corrected chi connectivity index (χ2v) is 7.20. The lowest BCUT2D eigenvalue weighted by Crippen LogP contribution is -1.91. The minimum atomic E-state index is -0.494. The molecule has 2 aromatic rings. The smallest absolute Gasteiger partial charge is 0.258 e. The van der Waals surface area contributed by atoms with E-state index in [1.54, 1.807) is 23.9 Å². The summed E-state index contributed by atoms with van der Waals surface area (Å²) < 4.78 is 1.49. The third-order valence-electron chi connectivity index (χ3n) is 2.14. The summed E-state index contributed by atoms with van der Waals surface area (Å²) in [5.74, 6) is 0.899. The van der Waals surface area contributed by atoms with Crippen molar-refractivity contribution in [2.24, 2.45) is 0 Å². The molecule has 1 aromatic heterocycles. The lowest BCUT2D eigenvalue weighted by molar-refractivity contribution is -0.387. The SMILES string of the molecule is CCSc1nnc(Sc2ccc(C#N)cc2[N+](=O)[O-])s1. The van der Waals surface area contributed by atoms with Gasteiger partial charge in [0, 0.05) is 6.07 Å². The van der Waals surface area contributed by atoms with Crippen molar-refractivity contribution in [3.05, 3.63) is 33.9 Å². The van der Waals surface area contributed by atoms with Crippen LogP contribution in [0.25, 0.3) is 0 Å². The van der Waals surface area contributed by atoms with Gasteiger partial charge in [-0.1, -0.05) is 41.8 Å². The van der Waals surface area contributed by atoms with Gasteiger partial charge in [0.25, 0.3) is 5.69 Å². The Morgan fingerprint density at radius 1 is 1.45 bits per heavy atom. The average molecular weight is 324 g/mol. The van der Waals surface area contributed by atoms with Crippen LogP contribution in [0, 0.1) is 21.4 Å². The van der Waals surface area contributed by atoms with Gasteiger partial charge in [0.15, 0.2) is 8.68 Å². The van der Waals surface area contributed by atoms with E-state index in [2.05, 4.69) is 10.2 Å². The second kappa shape index (κ2) is 6.69. The normalized spacial score (nSPS) is 10.2. The van der Waals surface area contributed by atoms with Gasteiger partial charge in [-0.3, -0.25) is 10.1 Å². The zero-order chi connectivity index (χ0) is 14.5. The van der Waals surface area contributed by atoms with Crippen LogP contribution in [-0.4, -0.2) is 20.9 Å². The number of hydrogen-bond donors (Lipinski definition) is 0. The highest BCUT2D eigenvalue weighted by molar-refractivity contribution is 8.03. The molecule has 1 heterocycles. The monoisotopic (exact) mass is 324 g/mol. The van der Waals surface area contributed by atoms with Crippen molar-refractivity contribution in [1.29, 1.82) is 5.26 Å². The molecule has 9 heteroatoms. The molecule has 0 fully saturated rings. The van der Waals surface area contributed by atoms with Crippen LogP contribution in [0.1, 0.15) is 12.5 Å². The molecule has 0 aliphatic carbocycles. The lowest BCUT2D eigenvalue weighted by Gasteiger charge is -1.99. The predicted molar refractivity (Wildman–Crippen MR) is 78.2 cm³/mol. The third-order valence-corrected chi connectivity index (χ3v) is 5.19. The molecule has 0 aliphatic rings. The summed E-state index contributed by atoms with van der Waals surface area (Å²) in [5, 5.41) is 27.8. The number of nitro groups is 1. The number of aromatic nitrogens is 2.